The molecule has 0 N–H and O–H groups in total. The first-order valence-corrected chi connectivity index (χ1v) is 6.71. The zero-order valence-corrected chi connectivity index (χ0v) is 23.1. The van der Waals surface area contributed by atoms with Crippen LogP contribution in [-0.4, -0.2) is 0 Å². The van der Waals surface area contributed by atoms with Gasteiger partial charge < -0.3 is 11.8 Å². The minimum absolute atomic E-state index is 0. The topological polar surface area (TPSA) is 0 Å². The molecule has 122 valence electrons. The van der Waals surface area contributed by atoms with E-state index in [0.29, 0.717) is 10.8 Å². The molecule has 0 aromatic heterocycles. The minimum atomic E-state index is 0. The van der Waals surface area contributed by atoms with Crippen LogP contribution in [0.5, 0.6) is 0 Å². The van der Waals surface area contributed by atoms with Gasteiger partial charge in [-0.2, -0.15) is 41.5 Å². The molecule has 0 aromatic carbocycles. The summed E-state index contributed by atoms with van der Waals surface area (Å²) in [6.45, 7) is 26.2. The molecule has 20 heavy (non-hydrogen) atoms. The predicted octanol–water partition coefficient (Wildman–Crippen LogP) is 7.35. The third kappa shape index (κ3) is 109. The van der Waals surface area contributed by atoms with E-state index in [9.17, 15) is 0 Å². The van der Waals surface area contributed by atoms with Crippen LogP contribution in [-0.2, 0) is 0 Å². The van der Waals surface area contributed by atoms with Crippen LogP contribution in [0.25, 0.3) is 0 Å². The van der Waals surface area contributed by atoms with Crippen LogP contribution >= 0.6 is 0 Å². The van der Waals surface area contributed by atoms with Crippen LogP contribution in [0.1, 0.15) is 96.9 Å². The first-order valence-electron chi connectivity index (χ1n) is 6.71. The summed E-state index contributed by atoms with van der Waals surface area (Å²) in [5.74, 6) is 2.83. The second-order valence-electron chi connectivity index (χ2n) is 8.30. The largest absolute Gasteiger partial charge is 0.323 e. The Morgan fingerprint density at radius 2 is 0.650 bits per heavy atom. The molecule has 0 saturated heterocycles. The summed E-state index contributed by atoms with van der Waals surface area (Å²) in [6.07, 6.45) is 1.29. The Bertz CT molecular complexity index is 124. The summed E-state index contributed by atoms with van der Waals surface area (Å²) in [6, 6.07) is 0. The van der Waals surface area contributed by atoms with E-state index in [1.807, 2.05) is 0 Å². The molecule has 0 atom stereocenters. The molecule has 0 aliphatic carbocycles. The SMILES string of the molecule is C.CC(C)(C)CC(C)(C)C.C[C-](C)C.C[C-](C)C.[La].[La]. The standard InChI is InChI=1S/C9H20.2C4H9.CH4.2La/c1-8(2,3)7-9(4,5)6;2*1-4(2)3;;;/h7H2,1-6H3;2*1-3H3;1H4;;/q;2*-1;;;. The zero-order chi connectivity index (χ0) is 14.9. The molecule has 0 nitrogen and oxygen atoms in total. The molecule has 0 aromatic rings. The number of rotatable bonds is 0. The third-order valence-corrected chi connectivity index (χ3v) is 1.06. The fourth-order valence-electron chi connectivity index (χ4n) is 1.59. The van der Waals surface area contributed by atoms with Crippen LogP contribution in [0.2, 0.25) is 0 Å². The van der Waals surface area contributed by atoms with Gasteiger partial charge in [0.05, 0.1) is 0 Å². The van der Waals surface area contributed by atoms with Crippen molar-refractivity contribution in [3.05, 3.63) is 11.8 Å². The van der Waals surface area contributed by atoms with E-state index in [4.69, 9.17) is 0 Å². The normalized spacial score (nSPS) is 9.90. The van der Waals surface area contributed by atoms with Gasteiger partial charge in [0.15, 0.2) is 0 Å². The zero-order valence-electron chi connectivity index (χ0n) is 15.9. The average molecular weight is 536 g/mol. The molecule has 2 heteroatoms. The fraction of sp³-hybridized carbons (Fsp3) is 0.889. The maximum absolute atomic E-state index is 2.29. The third-order valence-electron chi connectivity index (χ3n) is 1.06. The quantitative estimate of drug-likeness (QED) is 0.284. The first kappa shape index (κ1) is 38.1. The van der Waals surface area contributed by atoms with Crippen LogP contribution in [0.4, 0.5) is 0 Å². The summed E-state index contributed by atoms with van der Waals surface area (Å²) in [4.78, 5) is 0. The van der Waals surface area contributed by atoms with Gasteiger partial charge in [-0.05, 0) is 17.3 Å². The molecule has 0 fully saturated rings. The Morgan fingerprint density at radius 3 is 0.650 bits per heavy atom. The second kappa shape index (κ2) is 19.4. The molecule has 0 saturated carbocycles. The Hall–Kier alpha value is 2.39. The molecule has 0 aliphatic heterocycles. The maximum atomic E-state index is 2.29. The molecule has 0 unspecified atom stereocenters. The van der Waals surface area contributed by atoms with Gasteiger partial charge in [-0.1, -0.05) is 49.0 Å². The fourth-order valence-corrected chi connectivity index (χ4v) is 1.59. The van der Waals surface area contributed by atoms with Crippen molar-refractivity contribution in [2.24, 2.45) is 10.8 Å². The van der Waals surface area contributed by atoms with Crippen LogP contribution in [0, 0.1) is 93.9 Å². The van der Waals surface area contributed by atoms with E-state index in [1.165, 1.54) is 18.3 Å². The van der Waals surface area contributed by atoms with Crippen molar-refractivity contribution in [3.63, 3.8) is 0 Å². The second-order valence-corrected chi connectivity index (χ2v) is 8.30. The molecular weight excluding hydrogens is 494 g/mol. The molecule has 2 radical (unpaired) electrons. The molecule has 0 rings (SSSR count). The summed E-state index contributed by atoms with van der Waals surface area (Å²) in [7, 11) is 0. The van der Waals surface area contributed by atoms with Gasteiger partial charge in [0, 0.05) is 71.2 Å². The van der Waals surface area contributed by atoms with Gasteiger partial charge >= 0.3 is 0 Å². The van der Waals surface area contributed by atoms with Gasteiger partial charge in [0.2, 0.25) is 0 Å². The van der Waals surface area contributed by atoms with E-state index < -0.39 is 0 Å². The summed E-state index contributed by atoms with van der Waals surface area (Å²) in [5, 5.41) is 0. The summed E-state index contributed by atoms with van der Waals surface area (Å²) >= 11 is 0. The van der Waals surface area contributed by atoms with E-state index in [-0.39, 0.29) is 78.6 Å². The molecular formula is C18H42La2-2. The average Bonchev–Trinajstić information content (AvgIpc) is 1.70. The Labute approximate surface area is 188 Å². The van der Waals surface area contributed by atoms with Gasteiger partial charge in [-0.15, -0.1) is 0 Å². The Kier molecular flexibility index (Phi) is 37.1. The van der Waals surface area contributed by atoms with Gasteiger partial charge in [-0.25, -0.2) is 0 Å². The van der Waals surface area contributed by atoms with Crippen molar-refractivity contribution in [1.82, 2.24) is 0 Å². The van der Waals surface area contributed by atoms with Crippen molar-refractivity contribution in [3.8, 4) is 0 Å². The van der Waals surface area contributed by atoms with E-state index in [1.54, 1.807) is 0 Å². The van der Waals surface area contributed by atoms with E-state index in [2.05, 4.69) is 83.1 Å². The molecule has 0 aliphatic rings. The van der Waals surface area contributed by atoms with Gasteiger partial charge in [-0.3, -0.25) is 0 Å². The van der Waals surface area contributed by atoms with E-state index in [0.717, 1.165) is 0 Å². The summed E-state index contributed by atoms with van der Waals surface area (Å²) in [5.41, 5.74) is 0.969. The van der Waals surface area contributed by atoms with Gasteiger partial charge in [0.25, 0.3) is 0 Å². The van der Waals surface area contributed by atoms with Crippen molar-refractivity contribution in [1.29, 1.82) is 0 Å². The molecule has 0 bridgehead atoms. The van der Waals surface area contributed by atoms with E-state index >= 15 is 0 Å². The number of hydrogen-bond donors (Lipinski definition) is 0. The maximum Gasteiger partial charge on any atom is 0 e. The van der Waals surface area contributed by atoms with Crippen molar-refractivity contribution in [2.45, 2.75) is 96.9 Å². The van der Waals surface area contributed by atoms with Crippen LogP contribution < -0.4 is 0 Å². The first-order chi connectivity index (χ1) is 7.17. The summed E-state index contributed by atoms with van der Waals surface area (Å²) < 4.78 is 0. The van der Waals surface area contributed by atoms with Crippen LogP contribution in [0.15, 0.2) is 0 Å². The predicted molar refractivity (Wildman–Crippen MR) is 90.8 cm³/mol. The Balaban J connectivity index is -0.0000000386. The van der Waals surface area contributed by atoms with Crippen molar-refractivity contribution >= 4 is 0 Å². The molecule has 0 heterocycles. The van der Waals surface area contributed by atoms with Crippen molar-refractivity contribution < 1.29 is 71.2 Å². The number of hydrogen-bond acceptors (Lipinski definition) is 0. The Morgan fingerprint density at radius 1 is 0.550 bits per heavy atom. The van der Waals surface area contributed by atoms with Crippen molar-refractivity contribution in [2.75, 3.05) is 0 Å². The monoisotopic (exact) mass is 536 g/mol. The molecule has 0 spiro atoms. The molecule has 0 amide bonds. The minimum Gasteiger partial charge on any atom is -0.323 e. The van der Waals surface area contributed by atoms with Crippen LogP contribution in [0.3, 0.4) is 0 Å². The smallest absolute Gasteiger partial charge is 0 e. The van der Waals surface area contributed by atoms with Gasteiger partial charge in [0.1, 0.15) is 0 Å².